The van der Waals surface area contributed by atoms with E-state index >= 15 is 0 Å². The maximum Gasteiger partial charge on any atom is 0.431 e. The van der Waals surface area contributed by atoms with Gasteiger partial charge >= 0.3 is 12.3 Å². The van der Waals surface area contributed by atoms with Crippen LogP contribution in [0.1, 0.15) is 29.7 Å². The smallest absolute Gasteiger partial charge is 0.392 e. The fourth-order valence-electron chi connectivity index (χ4n) is 3.88. The van der Waals surface area contributed by atoms with E-state index in [1.165, 1.54) is 31.0 Å². The van der Waals surface area contributed by atoms with E-state index in [0.717, 1.165) is 23.5 Å². The highest BCUT2D eigenvalue weighted by atomic mass is 35.5. The Morgan fingerprint density at radius 2 is 1.85 bits per heavy atom. The monoisotopic (exact) mass is 480 g/mol. The van der Waals surface area contributed by atoms with Crippen molar-refractivity contribution in [1.29, 1.82) is 0 Å². The van der Waals surface area contributed by atoms with E-state index in [9.17, 15) is 22.4 Å². The molecular weight excluding hydrogens is 460 g/mol. The Morgan fingerprint density at radius 3 is 2.42 bits per heavy atom. The van der Waals surface area contributed by atoms with Gasteiger partial charge in [0.05, 0.1) is 12.1 Å². The van der Waals surface area contributed by atoms with Gasteiger partial charge in [-0.2, -0.15) is 13.2 Å². The zero-order chi connectivity index (χ0) is 23.9. The summed E-state index contributed by atoms with van der Waals surface area (Å²) in [5, 5.41) is 0.0978. The van der Waals surface area contributed by atoms with E-state index in [1.54, 1.807) is 30.3 Å². The molecule has 0 N–H and O–H groups in total. The first-order valence-corrected chi connectivity index (χ1v) is 10.7. The normalized spacial score (nSPS) is 13.8. The highest BCUT2D eigenvalue weighted by Crippen LogP contribution is 2.46. The molecule has 1 heterocycles. The number of ether oxygens (including phenoxy) is 1. The molecule has 0 radical (unpaired) electrons. The van der Waals surface area contributed by atoms with Crippen molar-refractivity contribution >= 4 is 17.7 Å². The predicted octanol–water partition coefficient (Wildman–Crippen LogP) is 6.92. The molecule has 0 aliphatic heterocycles. The first-order valence-electron chi connectivity index (χ1n) is 10.3. The molecule has 4 rings (SSSR count). The summed E-state index contributed by atoms with van der Waals surface area (Å²) >= 11 is 5.85. The van der Waals surface area contributed by atoms with E-state index in [4.69, 9.17) is 16.3 Å². The molecule has 33 heavy (non-hydrogen) atoms. The summed E-state index contributed by atoms with van der Waals surface area (Å²) in [6.07, 6.45) is -3.98. The van der Waals surface area contributed by atoms with Crippen LogP contribution in [0.4, 0.5) is 22.4 Å². The molecule has 3 aromatic rings. The quantitative estimate of drug-likeness (QED) is 0.372. The minimum absolute atomic E-state index is 0.0195. The van der Waals surface area contributed by atoms with Crippen LogP contribution in [0.3, 0.4) is 0 Å². The Morgan fingerprint density at radius 1 is 1.18 bits per heavy atom. The summed E-state index contributed by atoms with van der Waals surface area (Å²) in [4.78, 5) is 14.1. The van der Waals surface area contributed by atoms with Gasteiger partial charge in [0, 0.05) is 23.7 Å². The van der Waals surface area contributed by atoms with Gasteiger partial charge in [0.25, 0.3) is 0 Å². The van der Waals surface area contributed by atoms with Crippen LogP contribution in [-0.4, -0.2) is 28.6 Å². The lowest BCUT2D eigenvalue weighted by atomic mass is 10.0. The minimum Gasteiger partial charge on any atom is -0.392 e. The third-order valence-electron chi connectivity index (χ3n) is 5.68. The summed E-state index contributed by atoms with van der Waals surface area (Å²) in [5.41, 5.74) is -0.950. The molecule has 0 spiro atoms. The summed E-state index contributed by atoms with van der Waals surface area (Å²) in [5.74, 6) is -1.17. The Balaban J connectivity index is 1.94. The van der Waals surface area contributed by atoms with Gasteiger partial charge in [-0.25, -0.2) is 9.18 Å². The van der Waals surface area contributed by atoms with Gasteiger partial charge in [0.1, 0.15) is 11.5 Å². The topological polar surface area (TPSA) is 34.5 Å². The molecule has 1 aliphatic rings. The van der Waals surface area contributed by atoms with Gasteiger partial charge < -0.3 is 14.2 Å². The van der Waals surface area contributed by atoms with Gasteiger partial charge in [0.15, 0.2) is 0 Å². The van der Waals surface area contributed by atoms with Gasteiger partial charge in [-0.3, -0.25) is 0 Å². The Hall–Kier alpha value is -3.00. The number of aromatic nitrogens is 1. The molecule has 0 atom stereocenters. The van der Waals surface area contributed by atoms with E-state index in [0.29, 0.717) is 5.56 Å². The third kappa shape index (κ3) is 4.71. The maximum atomic E-state index is 14.9. The molecule has 1 amide bonds. The standard InChI is InChI=1S/C24H21ClF4N2O2/c1-14-20(18-11-8-16(25)12-19(18)26)22(33-23(32)30(2)17-9-10-17)31(21(14)24(27,28)29)13-15-6-4-3-5-7-15/h3-8,11-12,17H,9-10,13H2,1-2H3. The number of hydrogen-bond acceptors (Lipinski definition) is 2. The van der Waals surface area contributed by atoms with Crippen LogP contribution >= 0.6 is 11.6 Å². The van der Waals surface area contributed by atoms with Crippen molar-refractivity contribution < 1.29 is 27.1 Å². The molecule has 1 aromatic heterocycles. The van der Waals surface area contributed by atoms with Crippen LogP contribution in [0.25, 0.3) is 11.1 Å². The second-order valence-electron chi connectivity index (χ2n) is 8.06. The molecule has 2 aromatic carbocycles. The number of benzene rings is 2. The van der Waals surface area contributed by atoms with Gasteiger partial charge in [-0.15, -0.1) is 0 Å². The minimum atomic E-state index is -4.77. The third-order valence-corrected chi connectivity index (χ3v) is 5.91. The molecule has 9 heteroatoms. The van der Waals surface area contributed by atoms with Crippen LogP contribution in [-0.2, 0) is 12.7 Å². The molecule has 174 valence electrons. The average Bonchev–Trinajstić information content (AvgIpc) is 3.55. The predicted molar refractivity (Wildman–Crippen MR) is 117 cm³/mol. The first kappa shape index (κ1) is 23.2. The van der Waals surface area contributed by atoms with E-state index in [1.807, 2.05) is 0 Å². The summed E-state index contributed by atoms with van der Waals surface area (Å²) < 4.78 is 64.0. The van der Waals surface area contributed by atoms with Crippen molar-refractivity contribution in [2.24, 2.45) is 0 Å². The van der Waals surface area contributed by atoms with Crippen molar-refractivity contribution in [2.45, 2.75) is 38.5 Å². The molecule has 0 bridgehead atoms. The van der Waals surface area contributed by atoms with Crippen molar-refractivity contribution in [1.82, 2.24) is 9.47 Å². The Kier molecular flexibility index (Phi) is 6.14. The molecular formula is C24H21ClF4N2O2. The lowest BCUT2D eigenvalue weighted by Crippen LogP contribution is -2.32. The zero-order valence-electron chi connectivity index (χ0n) is 17.9. The number of halogens is 5. The second-order valence-corrected chi connectivity index (χ2v) is 8.49. The first-order chi connectivity index (χ1) is 15.6. The van der Waals surface area contributed by atoms with Crippen LogP contribution in [0.15, 0.2) is 48.5 Å². The molecule has 1 aliphatic carbocycles. The zero-order valence-corrected chi connectivity index (χ0v) is 18.7. The highest BCUT2D eigenvalue weighted by molar-refractivity contribution is 6.30. The number of alkyl halides is 3. The summed E-state index contributed by atoms with van der Waals surface area (Å²) in [6.45, 7) is 1.02. The lowest BCUT2D eigenvalue weighted by Gasteiger charge is -2.19. The molecule has 1 saturated carbocycles. The van der Waals surface area contributed by atoms with Crippen LogP contribution in [0.5, 0.6) is 5.88 Å². The molecule has 1 fully saturated rings. The number of carbonyl (C=O) groups is 1. The molecule has 0 unspecified atom stereocenters. The van der Waals surface area contributed by atoms with Crippen molar-refractivity contribution in [3.8, 4) is 17.0 Å². The van der Waals surface area contributed by atoms with Crippen LogP contribution in [0.2, 0.25) is 5.02 Å². The fourth-order valence-corrected chi connectivity index (χ4v) is 4.04. The highest BCUT2D eigenvalue weighted by Gasteiger charge is 2.42. The lowest BCUT2D eigenvalue weighted by molar-refractivity contribution is -0.144. The largest absolute Gasteiger partial charge is 0.431 e. The van der Waals surface area contributed by atoms with Crippen molar-refractivity contribution in [3.63, 3.8) is 0 Å². The number of carbonyl (C=O) groups excluding carboxylic acids is 1. The molecule has 4 nitrogen and oxygen atoms in total. The van der Waals surface area contributed by atoms with Crippen LogP contribution in [0, 0.1) is 12.7 Å². The van der Waals surface area contributed by atoms with Gasteiger partial charge in [0.2, 0.25) is 5.88 Å². The summed E-state index contributed by atoms with van der Waals surface area (Å²) in [7, 11) is 1.53. The van der Waals surface area contributed by atoms with E-state index < -0.39 is 23.8 Å². The SMILES string of the molecule is Cc1c(-c2ccc(Cl)cc2F)c(OC(=O)N(C)C2CC2)n(Cc2ccccc2)c1C(F)(F)F. The Labute approximate surface area is 193 Å². The number of nitrogens with zero attached hydrogens (tertiary/aromatic N) is 2. The van der Waals surface area contributed by atoms with E-state index in [2.05, 4.69) is 0 Å². The summed E-state index contributed by atoms with van der Waals surface area (Å²) in [6, 6.07) is 12.1. The van der Waals surface area contributed by atoms with Gasteiger partial charge in [-0.1, -0.05) is 41.9 Å². The average molecular weight is 481 g/mol. The number of rotatable bonds is 5. The van der Waals surface area contributed by atoms with E-state index in [-0.39, 0.29) is 40.2 Å². The van der Waals surface area contributed by atoms with Gasteiger partial charge in [-0.05, 0) is 49.1 Å². The van der Waals surface area contributed by atoms with Crippen molar-refractivity contribution in [2.75, 3.05) is 7.05 Å². The van der Waals surface area contributed by atoms with Crippen molar-refractivity contribution in [3.05, 3.63) is 76.2 Å². The second kappa shape index (κ2) is 8.74. The molecule has 0 saturated heterocycles. The fraction of sp³-hybridized carbons (Fsp3) is 0.292. The number of hydrogen-bond donors (Lipinski definition) is 0. The number of amides is 1. The Bertz CT molecular complexity index is 1190. The maximum absolute atomic E-state index is 14.9. The van der Waals surface area contributed by atoms with Crippen LogP contribution < -0.4 is 4.74 Å².